The van der Waals surface area contributed by atoms with Gasteiger partial charge in [0.15, 0.2) is 0 Å². The second kappa shape index (κ2) is 9.62. The molecule has 1 atom stereocenters. The zero-order valence-electron chi connectivity index (χ0n) is 15.9. The molecule has 0 radical (unpaired) electrons. The fraction of sp³-hybridized carbons (Fsp3) is 0.333. The maximum Gasteiger partial charge on any atom is 0.408 e. The smallest absolute Gasteiger partial charge is 0.408 e. The lowest BCUT2D eigenvalue weighted by atomic mass is 10.1. The van der Waals surface area contributed by atoms with E-state index in [9.17, 15) is 9.59 Å². The highest BCUT2D eigenvalue weighted by molar-refractivity contribution is 5.69. The fourth-order valence-corrected chi connectivity index (χ4v) is 2.34. The fourth-order valence-electron chi connectivity index (χ4n) is 2.34. The first-order valence-corrected chi connectivity index (χ1v) is 8.82. The standard InChI is InChI=1S/C21H26N2O4/c1-21(2,3)27-19(24)22-14-18(17-12-8-5-9-13-17)23-20(25)26-15-16-10-6-4-7-11-16/h4-13,18H,14-15H2,1-3H3,(H,22,24)(H,23,25)/t18-/m1/s1. The number of hydrogen-bond acceptors (Lipinski definition) is 4. The largest absolute Gasteiger partial charge is 0.445 e. The number of rotatable bonds is 6. The summed E-state index contributed by atoms with van der Waals surface area (Å²) in [5.74, 6) is 0. The van der Waals surface area contributed by atoms with Crippen molar-refractivity contribution in [2.24, 2.45) is 0 Å². The predicted octanol–water partition coefficient (Wildman–Crippen LogP) is 4.18. The molecule has 27 heavy (non-hydrogen) atoms. The molecule has 2 aromatic carbocycles. The number of alkyl carbamates (subject to hydrolysis) is 2. The van der Waals surface area contributed by atoms with E-state index in [2.05, 4.69) is 10.6 Å². The van der Waals surface area contributed by atoms with E-state index < -0.39 is 23.8 Å². The molecule has 6 heteroatoms. The molecule has 0 spiro atoms. The highest BCUT2D eigenvalue weighted by Gasteiger charge is 2.20. The van der Waals surface area contributed by atoms with Crippen molar-refractivity contribution < 1.29 is 19.1 Å². The number of ether oxygens (including phenoxy) is 2. The van der Waals surface area contributed by atoms with Crippen LogP contribution in [0.15, 0.2) is 60.7 Å². The third-order valence-electron chi connectivity index (χ3n) is 3.56. The molecule has 0 bridgehead atoms. The van der Waals surface area contributed by atoms with Gasteiger partial charge in [0.25, 0.3) is 0 Å². The van der Waals surface area contributed by atoms with Crippen LogP contribution in [-0.4, -0.2) is 24.3 Å². The molecule has 0 saturated carbocycles. The van der Waals surface area contributed by atoms with Crippen LogP contribution < -0.4 is 10.6 Å². The van der Waals surface area contributed by atoms with E-state index in [-0.39, 0.29) is 13.2 Å². The Balaban J connectivity index is 1.94. The summed E-state index contributed by atoms with van der Waals surface area (Å²) in [4.78, 5) is 24.1. The van der Waals surface area contributed by atoms with Gasteiger partial charge in [-0.3, -0.25) is 0 Å². The summed E-state index contributed by atoms with van der Waals surface area (Å²) in [5.41, 5.74) is 1.16. The van der Waals surface area contributed by atoms with Gasteiger partial charge >= 0.3 is 12.2 Å². The summed E-state index contributed by atoms with van der Waals surface area (Å²) in [6.45, 7) is 5.73. The minimum atomic E-state index is -0.589. The lowest BCUT2D eigenvalue weighted by molar-refractivity contribution is 0.0520. The Morgan fingerprint density at radius 1 is 0.926 bits per heavy atom. The van der Waals surface area contributed by atoms with Crippen molar-refractivity contribution in [2.75, 3.05) is 6.54 Å². The normalized spacial score (nSPS) is 12.0. The van der Waals surface area contributed by atoms with Gasteiger partial charge in [-0.15, -0.1) is 0 Å². The zero-order chi connectivity index (χ0) is 19.7. The number of nitrogens with one attached hydrogen (secondary N) is 2. The van der Waals surface area contributed by atoms with Crippen molar-refractivity contribution in [1.29, 1.82) is 0 Å². The van der Waals surface area contributed by atoms with Crippen LogP contribution in [0.2, 0.25) is 0 Å². The number of benzene rings is 2. The second-order valence-corrected chi connectivity index (χ2v) is 7.05. The first-order valence-electron chi connectivity index (χ1n) is 8.82. The molecule has 0 aliphatic carbocycles. The maximum atomic E-state index is 12.2. The van der Waals surface area contributed by atoms with Crippen LogP contribution in [-0.2, 0) is 16.1 Å². The molecule has 2 rings (SSSR count). The molecule has 6 nitrogen and oxygen atoms in total. The van der Waals surface area contributed by atoms with E-state index in [1.807, 2.05) is 60.7 Å². The summed E-state index contributed by atoms with van der Waals surface area (Å²) in [5, 5.41) is 5.48. The molecule has 0 fully saturated rings. The summed E-state index contributed by atoms with van der Waals surface area (Å²) >= 11 is 0. The molecule has 0 aliphatic rings. The SMILES string of the molecule is CC(C)(C)OC(=O)NC[C@@H](NC(=O)OCc1ccccc1)c1ccccc1. The second-order valence-electron chi connectivity index (χ2n) is 7.05. The van der Waals surface area contributed by atoms with Crippen molar-refractivity contribution in [3.8, 4) is 0 Å². The topological polar surface area (TPSA) is 76.7 Å². The van der Waals surface area contributed by atoms with Gasteiger partial charge in [0.05, 0.1) is 6.04 Å². The minimum Gasteiger partial charge on any atom is -0.445 e. The quantitative estimate of drug-likeness (QED) is 0.800. The summed E-state index contributed by atoms with van der Waals surface area (Å²) < 4.78 is 10.5. The average molecular weight is 370 g/mol. The van der Waals surface area contributed by atoms with Crippen LogP contribution in [0.25, 0.3) is 0 Å². The van der Waals surface area contributed by atoms with E-state index in [1.165, 1.54) is 0 Å². The average Bonchev–Trinajstić information content (AvgIpc) is 2.63. The third-order valence-corrected chi connectivity index (χ3v) is 3.56. The molecule has 144 valence electrons. The van der Waals surface area contributed by atoms with Crippen LogP contribution >= 0.6 is 0 Å². The summed E-state index contributed by atoms with van der Waals surface area (Å²) in [6.07, 6.45) is -1.10. The predicted molar refractivity (Wildman–Crippen MR) is 103 cm³/mol. The zero-order valence-corrected chi connectivity index (χ0v) is 15.9. The monoisotopic (exact) mass is 370 g/mol. The van der Waals surface area contributed by atoms with Gasteiger partial charge in [-0.1, -0.05) is 60.7 Å². The van der Waals surface area contributed by atoms with Gasteiger partial charge in [-0.2, -0.15) is 0 Å². The van der Waals surface area contributed by atoms with Crippen molar-refractivity contribution >= 4 is 12.2 Å². The maximum absolute atomic E-state index is 12.2. The molecule has 0 aliphatic heterocycles. The Morgan fingerprint density at radius 2 is 1.52 bits per heavy atom. The lowest BCUT2D eigenvalue weighted by Gasteiger charge is -2.23. The van der Waals surface area contributed by atoms with Crippen molar-refractivity contribution in [3.05, 3.63) is 71.8 Å². The van der Waals surface area contributed by atoms with E-state index >= 15 is 0 Å². The van der Waals surface area contributed by atoms with Crippen molar-refractivity contribution in [3.63, 3.8) is 0 Å². The Labute approximate surface area is 159 Å². The Morgan fingerprint density at radius 3 is 2.11 bits per heavy atom. The van der Waals surface area contributed by atoms with Crippen LogP contribution in [0.4, 0.5) is 9.59 Å². The Bertz CT molecular complexity index is 727. The Hall–Kier alpha value is -3.02. The van der Waals surface area contributed by atoms with Crippen LogP contribution in [0.5, 0.6) is 0 Å². The van der Waals surface area contributed by atoms with Crippen LogP contribution in [0.1, 0.15) is 37.9 Å². The number of hydrogen-bond donors (Lipinski definition) is 2. The Kier molecular flexibility index (Phi) is 7.23. The molecular weight excluding hydrogens is 344 g/mol. The molecular formula is C21H26N2O4. The molecule has 2 aromatic rings. The summed E-state index contributed by atoms with van der Waals surface area (Å²) in [6, 6.07) is 18.4. The third kappa shape index (κ3) is 7.81. The van der Waals surface area contributed by atoms with E-state index in [0.29, 0.717) is 0 Å². The van der Waals surface area contributed by atoms with Gasteiger partial charge in [0.2, 0.25) is 0 Å². The molecule has 2 amide bonds. The van der Waals surface area contributed by atoms with Gasteiger partial charge < -0.3 is 20.1 Å². The summed E-state index contributed by atoms with van der Waals surface area (Å²) in [7, 11) is 0. The first-order chi connectivity index (χ1) is 12.8. The van der Waals surface area contributed by atoms with Crippen molar-refractivity contribution in [2.45, 2.75) is 39.0 Å². The van der Waals surface area contributed by atoms with Crippen molar-refractivity contribution in [1.82, 2.24) is 10.6 Å². The van der Waals surface area contributed by atoms with E-state index in [0.717, 1.165) is 11.1 Å². The first kappa shape index (κ1) is 20.3. The van der Waals surface area contributed by atoms with Crippen LogP contribution in [0, 0.1) is 0 Å². The highest BCUT2D eigenvalue weighted by atomic mass is 16.6. The highest BCUT2D eigenvalue weighted by Crippen LogP contribution is 2.13. The lowest BCUT2D eigenvalue weighted by Crippen LogP contribution is -2.40. The molecule has 2 N–H and O–H groups in total. The number of carbonyl (C=O) groups excluding carboxylic acids is 2. The molecule has 0 saturated heterocycles. The van der Waals surface area contributed by atoms with Gasteiger partial charge in [-0.25, -0.2) is 9.59 Å². The molecule has 0 unspecified atom stereocenters. The van der Waals surface area contributed by atoms with Crippen LogP contribution in [0.3, 0.4) is 0 Å². The number of amides is 2. The molecule has 0 aromatic heterocycles. The van der Waals surface area contributed by atoms with Gasteiger partial charge in [0, 0.05) is 6.54 Å². The van der Waals surface area contributed by atoms with E-state index in [4.69, 9.17) is 9.47 Å². The number of carbonyl (C=O) groups is 2. The van der Waals surface area contributed by atoms with E-state index in [1.54, 1.807) is 20.8 Å². The van der Waals surface area contributed by atoms with Gasteiger partial charge in [0.1, 0.15) is 12.2 Å². The molecule has 0 heterocycles. The minimum absolute atomic E-state index is 0.174. The van der Waals surface area contributed by atoms with Gasteiger partial charge in [-0.05, 0) is 31.9 Å².